The van der Waals surface area contributed by atoms with Gasteiger partial charge in [-0.2, -0.15) is 0 Å². The Kier molecular flexibility index (Phi) is 8.09. The molecule has 2 fully saturated rings. The Labute approximate surface area is 175 Å². The summed E-state index contributed by atoms with van der Waals surface area (Å²) in [6.45, 7) is 4.57. The zero-order valence-electron chi connectivity index (χ0n) is 17.5. The van der Waals surface area contributed by atoms with Gasteiger partial charge in [-0.1, -0.05) is 43.7 Å². The normalized spacial score (nSPS) is 26.2. The topological polar surface area (TPSA) is 78.5 Å². The van der Waals surface area contributed by atoms with Crippen LogP contribution in [0.2, 0.25) is 0 Å². The van der Waals surface area contributed by atoms with Crippen molar-refractivity contribution in [3.63, 3.8) is 0 Å². The Morgan fingerprint density at radius 3 is 2.52 bits per heavy atom. The summed E-state index contributed by atoms with van der Waals surface area (Å²) < 4.78 is 27.5. The van der Waals surface area contributed by atoms with E-state index in [0.717, 1.165) is 58.0 Å². The summed E-state index contributed by atoms with van der Waals surface area (Å²) in [5, 5.41) is 2.87. The summed E-state index contributed by atoms with van der Waals surface area (Å²) in [6.07, 6.45) is 7.13. The highest BCUT2D eigenvalue weighted by molar-refractivity contribution is 7.90. The van der Waals surface area contributed by atoms with Gasteiger partial charge >= 0.3 is 0 Å². The number of piperidine rings is 1. The summed E-state index contributed by atoms with van der Waals surface area (Å²) in [6, 6.07) is 10.6. The van der Waals surface area contributed by atoms with Gasteiger partial charge in [-0.25, -0.2) is 13.1 Å². The molecule has 162 valence electrons. The van der Waals surface area contributed by atoms with Crippen LogP contribution in [-0.4, -0.2) is 50.2 Å². The Morgan fingerprint density at radius 1 is 1.07 bits per heavy atom. The molecule has 7 heteroatoms. The molecular formula is C22H35N3O3S. The Balaban J connectivity index is 1.45. The standard InChI is InChI=1S/C22H35N3O3S/c1-18-10-12-20(13-11-18)24-29(27,28)17-22(26)23-15-21-9-5-6-14-25(21)16-19-7-3-2-4-8-19/h2-4,7-8,18,20-21,24H,5-6,9-17H2,1H3,(H,23,26). The van der Waals surface area contributed by atoms with Gasteiger partial charge in [0.15, 0.2) is 0 Å². The Hall–Kier alpha value is -1.44. The lowest BCUT2D eigenvalue weighted by atomic mass is 9.88. The van der Waals surface area contributed by atoms with E-state index in [0.29, 0.717) is 12.5 Å². The zero-order valence-corrected chi connectivity index (χ0v) is 18.3. The highest BCUT2D eigenvalue weighted by Crippen LogP contribution is 2.24. The summed E-state index contributed by atoms with van der Waals surface area (Å²) in [4.78, 5) is 14.7. The number of hydrogen-bond donors (Lipinski definition) is 2. The van der Waals surface area contributed by atoms with E-state index in [4.69, 9.17) is 0 Å². The smallest absolute Gasteiger partial charge is 0.236 e. The van der Waals surface area contributed by atoms with Crippen LogP contribution < -0.4 is 10.0 Å². The lowest BCUT2D eigenvalue weighted by Gasteiger charge is -2.36. The number of nitrogens with zero attached hydrogens (tertiary/aromatic N) is 1. The van der Waals surface area contributed by atoms with Crippen LogP contribution >= 0.6 is 0 Å². The van der Waals surface area contributed by atoms with Gasteiger partial charge in [0.2, 0.25) is 15.9 Å². The van der Waals surface area contributed by atoms with Crippen LogP contribution in [0.5, 0.6) is 0 Å². The minimum Gasteiger partial charge on any atom is -0.354 e. The molecule has 1 aromatic rings. The lowest BCUT2D eigenvalue weighted by molar-refractivity contribution is -0.119. The van der Waals surface area contributed by atoms with Crippen molar-refractivity contribution in [2.75, 3.05) is 18.8 Å². The molecule has 0 aromatic heterocycles. The summed E-state index contributed by atoms with van der Waals surface area (Å²) in [5.41, 5.74) is 1.26. The van der Waals surface area contributed by atoms with Crippen molar-refractivity contribution in [1.82, 2.24) is 14.9 Å². The monoisotopic (exact) mass is 421 g/mol. The molecule has 1 atom stereocenters. The molecule has 0 spiro atoms. The highest BCUT2D eigenvalue weighted by Gasteiger charge is 2.26. The largest absolute Gasteiger partial charge is 0.354 e. The third-order valence-corrected chi connectivity index (χ3v) is 7.53. The van der Waals surface area contributed by atoms with E-state index < -0.39 is 21.7 Å². The van der Waals surface area contributed by atoms with Crippen molar-refractivity contribution in [3.8, 4) is 0 Å². The van der Waals surface area contributed by atoms with E-state index in [9.17, 15) is 13.2 Å². The average Bonchev–Trinajstić information content (AvgIpc) is 2.69. The number of carbonyl (C=O) groups is 1. The van der Waals surface area contributed by atoms with E-state index in [2.05, 4.69) is 34.0 Å². The van der Waals surface area contributed by atoms with Crippen LogP contribution in [0.3, 0.4) is 0 Å². The molecule has 0 radical (unpaired) electrons. The maximum Gasteiger partial charge on any atom is 0.236 e. The number of carbonyl (C=O) groups excluding carboxylic acids is 1. The number of sulfonamides is 1. The first-order valence-corrected chi connectivity index (χ1v) is 12.6. The number of hydrogen-bond acceptors (Lipinski definition) is 4. The first-order valence-electron chi connectivity index (χ1n) is 11.0. The molecule has 1 aromatic carbocycles. The molecule has 0 bridgehead atoms. The predicted molar refractivity (Wildman–Crippen MR) is 116 cm³/mol. The first kappa shape index (κ1) is 22.2. The highest BCUT2D eigenvalue weighted by atomic mass is 32.2. The van der Waals surface area contributed by atoms with Crippen molar-refractivity contribution >= 4 is 15.9 Å². The van der Waals surface area contributed by atoms with Gasteiger partial charge < -0.3 is 5.32 Å². The number of rotatable bonds is 8. The second-order valence-electron chi connectivity index (χ2n) is 8.74. The van der Waals surface area contributed by atoms with Crippen LogP contribution in [0.4, 0.5) is 0 Å². The molecule has 1 saturated carbocycles. The fourth-order valence-corrected chi connectivity index (χ4v) is 5.72. The van der Waals surface area contributed by atoms with E-state index in [1.165, 1.54) is 5.56 Å². The second-order valence-corrected chi connectivity index (χ2v) is 10.5. The summed E-state index contributed by atoms with van der Waals surface area (Å²) in [7, 11) is -3.59. The molecule has 1 unspecified atom stereocenters. The molecule has 29 heavy (non-hydrogen) atoms. The molecule has 1 heterocycles. The third-order valence-electron chi connectivity index (χ3n) is 6.20. The van der Waals surface area contributed by atoms with Crippen LogP contribution in [0, 0.1) is 5.92 Å². The third kappa shape index (κ3) is 7.39. The molecule has 1 aliphatic heterocycles. The predicted octanol–water partition coefficient (Wildman–Crippen LogP) is 2.66. The molecule has 1 amide bonds. The van der Waals surface area contributed by atoms with Crippen LogP contribution in [0.15, 0.2) is 30.3 Å². The van der Waals surface area contributed by atoms with E-state index in [-0.39, 0.29) is 12.1 Å². The molecule has 2 N–H and O–H groups in total. The van der Waals surface area contributed by atoms with Gasteiger partial charge in [-0.15, -0.1) is 0 Å². The fraction of sp³-hybridized carbons (Fsp3) is 0.682. The second kappa shape index (κ2) is 10.5. The number of nitrogens with one attached hydrogen (secondary N) is 2. The van der Waals surface area contributed by atoms with Crippen LogP contribution in [0.25, 0.3) is 0 Å². The van der Waals surface area contributed by atoms with E-state index >= 15 is 0 Å². The maximum absolute atomic E-state index is 12.4. The van der Waals surface area contributed by atoms with Crippen LogP contribution in [-0.2, 0) is 21.4 Å². The molecule has 3 rings (SSSR count). The van der Waals surface area contributed by atoms with Crippen molar-refractivity contribution in [3.05, 3.63) is 35.9 Å². The maximum atomic E-state index is 12.4. The molecular weight excluding hydrogens is 386 g/mol. The first-order chi connectivity index (χ1) is 13.9. The summed E-state index contributed by atoms with van der Waals surface area (Å²) in [5.74, 6) is -0.231. The average molecular weight is 422 g/mol. The number of benzene rings is 1. The van der Waals surface area contributed by atoms with E-state index in [1.54, 1.807) is 0 Å². The van der Waals surface area contributed by atoms with Crippen molar-refractivity contribution < 1.29 is 13.2 Å². The van der Waals surface area contributed by atoms with Gasteiger partial charge in [0.1, 0.15) is 5.75 Å². The number of likely N-dealkylation sites (tertiary alicyclic amines) is 1. The molecule has 2 aliphatic rings. The van der Waals surface area contributed by atoms with Gasteiger partial charge in [0.25, 0.3) is 0 Å². The van der Waals surface area contributed by atoms with E-state index in [1.807, 2.05) is 18.2 Å². The van der Waals surface area contributed by atoms with Crippen molar-refractivity contribution in [2.45, 2.75) is 70.5 Å². The van der Waals surface area contributed by atoms with Gasteiger partial charge in [-0.05, 0) is 56.6 Å². The van der Waals surface area contributed by atoms with Crippen molar-refractivity contribution in [2.24, 2.45) is 5.92 Å². The summed E-state index contributed by atoms with van der Waals surface area (Å²) >= 11 is 0. The fourth-order valence-electron chi connectivity index (χ4n) is 4.45. The Morgan fingerprint density at radius 2 is 1.79 bits per heavy atom. The zero-order chi connectivity index (χ0) is 20.7. The lowest BCUT2D eigenvalue weighted by Crippen LogP contribution is -2.48. The SMILES string of the molecule is CC1CCC(NS(=O)(=O)CC(=O)NCC2CCCCN2Cc2ccccc2)CC1. The van der Waals surface area contributed by atoms with Crippen LogP contribution in [0.1, 0.15) is 57.4 Å². The molecule has 1 saturated heterocycles. The van der Waals surface area contributed by atoms with Crippen molar-refractivity contribution in [1.29, 1.82) is 0 Å². The minimum atomic E-state index is -3.59. The van der Waals surface area contributed by atoms with Gasteiger partial charge in [0.05, 0.1) is 0 Å². The quantitative estimate of drug-likeness (QED) is 0.676. The molecule has 6 nitrogen and oxygen atoms in total. The van der Waals surface area contributed by atoms with Gasteiger partial charge in [0, 0.05) is 25.2 Å². The minimum absolute atomic E-state index is 0.0243. The number of amides is 1. The molecule has 1 aliphatic carbocycles. The van der Waals surface area contributed by atoms with Gasteiger partial charge in [-0.3, -0.25) is 9.69 Å². The Bertz CT molecular complexity index is 746.